The summed E-state index contributed by atoms with van der Waals surface area (Å²) in [4.78, 5) is 10.6. The summed E-state index contributed by atoms with van der Waals surface area (Å²) in [6, 6.07) is 0.368. The molecular formula is C10H14N2O. The SMILES string of the molecule is NC(=O)CCC1NCC2C=CC=C21. The number of primary amides is 1. The standard InChI is InChI=1S/C10H14N2O/c11-10(13)5-4-9-8-3-1-2-7(8)6-12-9/h1-3,7,9,12H,4-6H2,(H2,11,13). The fourth-order valence-electron chi connectivity index (χ4n) is 2.04. The zero-order chi connectivity index (χ0) is 9.26. The second-order valence-electron chi connectivity index (χ2n) is 3.62. The average Bonchev–Trinajstić information content (AvgIpc) is 2.60. The summed E-state index contributed by atoms with van der Waals surface area (Å²) in [5, 5.41) is 3.39. The molecule has 3 heteroatoms. The summed E-state index contributed by atoms with van der Waals surface area (Å²) in [7, 11) is 0. The van der Waals surface area contributed by atoms with Gasteiger partial charge in [-0.15, -0.1) is 0 Å². The van der Waals surface area contributed by atoms with Gasteiger partial charge in [0.25, 0.3) is 0 Å². The maximum Gasteiger partial charge on any atom is 0.217 e. The van der Waals surface area contributed by atoms with Crippen molar-refractivity contribution in [2.75, 3.05) is 6.54 Å². The molecule has 1 aliphatic heterocycles. The van der Waals surface area contributed by atoms with Crippen LogP contribution < -0.4 is 11.1 Å². The lowest BCUT2D eigenvalue weighted by molar-refractivity contribution is -0.118. The molecule has 1 saturated heterocycles. The van der Waals surface area contributed by atoms with Crippen LogP contribution in [0.25, 0.3) is 0 Å². The van der Waals surface area contributed by atoms with Crippen LogP contribution in [0.15, 0.2) is 23.8 Å². The van der Waals surface area contributed by atoms with Crippen LogP contribution in [-0.2, 0) is 4.79 Å². The fraction of sp³-hybridized carbons (Fsp3) is 0.500. The summed E-state index contributed by atoms with van der Waals surface area (Å²) < 4.78 is 0. The lowest BCUT2D eigenvalue weighted by atomic mass is 9.98. The second-order valence-corrected chi connectivity index (χ2v) is 3.62. The molecule has 70 valence electrons. The van der Waals surface area contributed by atoms with Crippen LogP contribution >= 0.6 is 0 Å². The average molecular weight is 178 g/mol. The molecule has 1 amide bonds. The minimum absolute atomic E-state index is 0.211. The Hall–Kier alpha value is -1.09. The smallest absolute Gasteiger partial charge is 0.217 e. The van der Waals surface area contributed by atoms with Crippen molar-refractivity contribution in [3.05, 3.63) is 23.8 Å². The minimum Gasteiger partial charge on any atom is -0.370 e. The number of nitrogens with one attached hydrogen (secondary N) is 1. The van der Waals surface area contributed by atoms with Crippen molar-refractivity contribution in [2.24, 2.45) is 11.7 Å². The van der Waals surface area contributed by atoms with Gasteiger partial charge in [-0.3, -0.25) is 4.79 Å². The third kappa shape index (κ3) is 1.65. The Labute approximate surface area is 77.7 Å². The van der Waals surface area contributed by atoms with E-state index in [2.05, 4.69) is 23.5 Å². The van der Waals surface area contributed by atoms with Gasteiger partial charge in [0, 0.05) is 24.9 Å². The van der Waals surface area contributed by atoms with Crippen LogP contribution in [0.5, 0.6) is 0 Å². The predicted molar refractivity (Wildman–Crippen MR) is 50.9 cm³/mol. The normalized spacial score (nSPS) is 30.3. The largest absolute Gasteiger partial charge is 0.370 e. The van der Waals surface area contributed by atoms with E-state index in [1.807, 2.05) is 0 Å². The van der Waals surface area contributed by atoms with Crippen molar-refractivity contribution in [1.82, 2.24) is 5.32 Å². The maximum atomic E-state index is 10.6. The van der Waals surface area contributed by atoms with Crippen LogP contribution in [0.1, 0.15) is 12.8 Å². The van der Waals surface area contributed by atoms with Crippen molar-refractivity contribution < 1.29 is 4.79 Å². The molecule has 13 heavy (non-hydrogen) atoms. The molecule has 1 fully saturated rings. The van der Waals surface area contributed by atoms with E-state index >= 15 is 0 Å². The van der Waals surface area contributed by atoms with Crippen LogP contribution in [0, 0.1) is 5.92 Å². The Bertz CT molecular complexity index is 281. The van der Waals surface area contributed by atoms with Gasteiger partial charge in [-0.25, -0.2) is 0 Å². The fourth-order valence-corrected chi connectivity index (χ4v) is 2.04. The van der Waals surface area contributed by atoms with Gasteiger partial charge in [0.05, 0.1) is 0 Å². The van der Waals surface area contributed by atoms with E-state index in [0.717, 1.165) is 13.0 Å². The highest BCUT2D eigenvalue weighted by atomic mass is 16.1. The van der Waals surface area contributed by atoms with Crippen LogP contribution in [-0.4, -0.2) is 18.5 Å². The van der Waals surface area contributed by atoms with E-state index in [9.17, 15) is 4.79 Å². The van der Waals surface area contributed by atoms with Gasteiger partial charge in [0.2, 0.25) is 5.91 Å². The first-order chi connectivity index (χ1) is 6.27. The number of fused-ring (bicyclic) bond motifs is 1. The van der Waals surface area contributed by atoms with Crippen molar-refractivity contribution in [3.8, 4) is 0 Å². The van der Waals surface area contributed by atoms with Crippen LogP contribution in [0.4, 0.5) is 0 Å². The maximum absolute atomic E-state index is 10.6. The third-order valence-corrected chi connectivity index (χ3v) is 2.73. The summed E-state index contributed by atoms with van der Waals surface area (Å²) in [6.45, 7) is 1.01. The molecule has 0 bridgehead atoms. The molecular weight excluding hydrogens is 164 g/mol. The molecule has 0 aromatic rings. The van der Waals surface area contributed by atoms with Crippen LogP contribution in [0.2, 0.25) is 0 Å². The highest BCUT2D eigenvalue weighted by Gasteiger charge is 2.29. The Morgan fingerprint density at radius 2 is 2.54 bits per heavy atom. The zero-order valence-electron chi connectivity index (χ0n) is 7.49. The second kappa shape index (κ2) is 3.34. The number of nitrogens with two attached hydrogens (primary N) is 1. The Morgan fingerprint density at radius 3 is 3.31 bits per heavy atom. The number of amides is 1. The van der Waals surface area contributed by atoms with Gasteiger partial charge in [0.15, 0.2) is 0 Å². The molecule has 3 N–H and O–H groups in total. The molecule has 0 spiro atoms. The van der Waals surface area contributed by atoms with E-state index in [4.69, 9.17) is 5.73 Å². The first-order valence-electron chi connectivity index (χ1n) is 4.67. The molecule has 3 nitrogen and oxygen atoms in total. The van der Waals surface area contributed by atoms with Gasteiger partial charge in [-0.1, -0.05) is 18.2 Å². The molecule has 2 atom stereocenters. The van der Waals surface area contributed by atoms with E-state index in [0.29, 0.717) is 18.4 Å². The molecule has 2 unspecified atom stereocenters. The van der Waals surface area contributed by atoms with Gasteiger partial charge < -0.3 is 11.1 Å². The number of hydrogen-bond acceptors (Lipinski definition) is 2. The van der Waals surface area contributed by atoms with Gasteiger partial charge in [-0.05, 0) is 12.0 Å². The molecule has 0 aromatic carbocycles. The Morgan fingerprint density at radius 1 is 1.69 bits per heavy atom. The molecule has 1 heterocycles. The third-order valence-electron chi connectivity index (χ3n) is 2.73. The summed E-state index contributed by atoms with van der Waals surface area (Å²) in [5.74, 6) is 0.356. The van der Waals surface area contributed by atoms with Crippen LogP contribution in [0.3, 0.4) is 0 Å². The number of hydrogen-bond donors (Lipinski definition) is 2. The first-order valence-corrected chi connectivity index (χ1v) is 4.67. The molecule has 2 aliphatic rings. The highest BCUT2D eigenvalue weighted by molar-refractivity contribution is 5.73. The Kier molecular flexibility index (Phi) is 2.19. The molecule has 0 radical (unpaired) electrons. The lowest BCUT2D eigenvalue weighted by Crippen LogP contribution is -2.24. The Balaban J connectivity index is 1.91. The number of rotatable bonds is 3. The van der Waals surface area contributed by atoms with Gasteiger partial charge in [0.1, 0.15) is 0 Å². The van der Waals surface area contributed by atoms with Crippen molar-refractivity contribution >= 4 is 5.91 Å². The molecule has 0 saturated carbocycles. The van der Waals surface area contributed by atoms with Crippen molar-refractivity contribution in [2.45, 2.75) is 18.9 Å². The molecule has 2 rings (SSSR count). The minimum atomic E-state index is -0.211. The highest BCUT2D eigenvalue weighted by Crippen LogP contribution is 2.29. The molecule has 1 aliphatic carbocycles. The topological polar surface area (TPSA) is 55.1 Å². The first kappa shape index (κ1) is 8.51. The van der Waals surface area contributed by atoms with E-state index in [1.165, 1.54) is 5.57 Å². The number of allylic oxidation sites excluding steroid dienone is 2. The predicted octanol–water partition coefficient (Wildman–Crippen LogP) is 0.336. The number of carbonyl (C=O) groups excluding carboxylic acids is 1. The summed E-state index contributed by atoms with van der Waals surface area (Å²) >= 11 is 0. The van der Waals surface area contributed by atoms with Crippen molar-refractivity contribution in [1.29, 1.82) is 0 Å². The van der Waals surface area contributed by atoms with Gasteiger partial charge in [-0.2, -0.15) is 0 Å². The quantitative estimate of drug-likeness (QED) is 0.654. The summed E-state index contributed by atoms with van der Waals surface area (Å²) in [5.41, 5.74) is 6.52. The lowest BCUT2D eigenvalue weighted by Gasteiger charge is -2.10. The van der Waals surface area contributed by atoms with Crippen molar-refractivity contribution in [3.63, 3.8) is 0 Å². The number of carbonyl (C=O) groups is 1. The monoisotopic (exact) mass is 178 g/mol. The van der Waals surface area contributed by atoms with E-state index in [1.54, 1.807) is 0 Å². The molecule has 0 aromatic heterocycles. The zero-order valence-corrected chi connectivity index (χ0v) is 7.49. The summed E-state index contributed by atoms with van der Waals surface area (Å²) in [6.07, 6.45) is 7.75. The van der Waals surface area contributed by atoms with E-state index in [-0.39, 0.29) is 5.91 Å². The van der Waals surface area contributed by atoms with E-state index < -0.39 is 0 Å². The van der Waals surface area contributed by atoms with Gasteiger partial charge >= 0.3 is 0 Å².